The summed E-state index contributed by atoms with van der Waals surface area (Å²) in [6.45, 7) is 25.1. The Morgan fingerprint density at radius 3 is 0.970 bits per heavy atom. The number of hydrogen-bond donors (Lipinski definition) is 0. The molecule has 0 saturated heterocycles. The Morgan fingerprint density at radius 1 is 0.343 bits per heavy atom. The minimum atomic E-state index is -1.37. The summed E-state index contributed by atoms with van der Waals surface area (Å²) in [6, 6.07) is 85.3. The van der Waals surface area contributed by atoms with Crippen molar-refractivity contribution < 1.29 is 23.8 Å². The zero-order valence-corrected chi connectivity index (χ0v) is 61.9. The van der Waals surface area contributed by atoms with Crippen molar-refractivity contribution in [1.82, 2.24) is 0 Å². The maximum Gasteiger partial charge on any atom is 0.212 e. The summed E-state index contributed by atoms with van der Waals surface area (Å²) < 4.78 is 42.1. The van der Waals surface area contributed by atoms with Crippen molar-refractivity contribution in [2.75, 3.05) is 0 Å². The summed E-state index contributed by atoms with van der Waals surface area (Å²) in [4.78, 5) is 0. The molecule has 99 heavy (non-hydrogen) atoms. The van der Waals surface area contributed by atoms with Crippen molar-refractivity contribution in [3.63, 3.8) is 0 Å². The Morgan fingerprint density at radius 2 is 0.657 bits per heavy atom. The molecule has 4 aromatic heterocycles. The molecule has 4 heterocycles. The molecule has 0 unspecified atom stereocenters. The first-order valence-electron chi connectivity index (χ1n) is 37.6. The van der Waals surface area contributed by atoms with Crippen LogP contribution in [0.2, 0.25) is 0 Å². The number of hydrogen-bond acceptors (Lipinski definition) is 0. The van der Waals surface area contributed by atoms with Gasteiger partial charge in [-0.25, -0.2) is 18.3 Å². The van der Waals surface area contributed by atoms with Crippen LogP contribution in [0.15, 0.2) is 267 Å². The summed E-state index contributed by atoms with van der Waals surface area (Å²) in [5.41, 5.74) is 28.9. The van der Waals surface area contributed by atoms with Crippen LogP contribution >= 0.6 is 0 Å². The first kappa shape index (κ1) is 66.6. The highest BCUT2D eigenvalue weighted by Crippen LogP contribution is 2.37. The van der Waals surface area contributed by atoms with E-state index < -0.39 is 18.2 Å². The van der Waals surface area contributed by atoms with Crippen molar-refractivity contribution in [2.24, 2.45) is 44.9 Å². The van der Waals surface area contributed by atoms with Crippen LogP contribution in [-0.2, 0) is 47.4 Å². The minimum Gasteiger partial charge on any atom is -0.200 e. The highest BCUT2D eigenvalue weighted by molar-refractivity contribution is 5.71. The van der Waals surface area contributed by atoms with Gasteiger partial charge in [0, 0.05) is 74.3 Å². The van der Waals surface area contributed by atoms with E-state index in [1.807, 2.05) is 83.1 Å². The number of pyridine rings is 4. The van der Waals surface area contributed by atoms with Crippen molar-refractivity contribution in [2.45, 2.75) is 134 Å². The third-order valence-electron chi connectivity index (χ3n) is 18.7. The fourth-order valence-electron chi connectivity index (χ4n) is 13.6. The van der Waals surface area contributed by atoms with Crippen LogP contribution in [0.25, 0.3) is 89.5 Å². The van der Waals surface area contributed by atoms with Crippen LogP contribution in [0.4, 0.5) is 0 Å². The van der Waals surface area contributed by atoms with Gasteiger partial charge in [-0.2, -0.15) is 0 Å². The molecule has 1 aliphatic carbocycles. The Kier molecular flexibility index (Phi) is 22.1. The standard InChI is InChI=1S/C24H26N.2C24H28N.C23H26N/c1-18-8-3-6-13-23(18)24-15-14-22(17-25(24)2)21-12-7-11-20(16-21)19-9-4-5-10-19;2*1-18-8-6-7-9-22(18)23-15-14-21(17-25(23)5)20-12-10-19(11-13-20)16-24(2,3)4;1-17(2)15-19-9-11-20(12-10-19)21-13-14-23(24(4)16-21)22-8-6-5-7-18(22)3/h3,6-8,11-17,19H,4-5,9-10H2,1-2H3;2*6-15,17H,16H2,1-5H3;5-14,16-17H,15H2,1-4H3/q4*+1/i;16D2;;15D2. The van der Waals surface area contributed by atoms with Crippen molar-refractivity contribution >= 4 is 0 Å². The van der Waals surface area contributed by atoms with Gasteiger partial charge in [0.05, 0.1) is 0 Å². The van der Waals surface area contributed by atoms with Crippen LogP contribution in [0.5, 0.6) is 0 Å². The molecule has 1 fully saturated rings. The summed E-state index contributed by atoms with van der Waals surface area (Å²) >= 11 is 0. The molecule has 0 aliphatic heterocycles. The molecule has 12 aromatic rings. The SMILES string of the molecule is Cc1ccccc1-c1ccc(-c2ccc(CC(C)(C)C)cc2)c[n+]1C.Cc1ccccc1-c1ccc(-c2cccc(C3CCCC3)c2)c[n+]1C.[2H]C([2H])(c1ccc(-c2ccc(-c3ccccc3C)[n+](C)c2)cc1)C(C)(C)C.[2H]C([2H])(c1ccc(-c2ccc(-c3ccccc3C)[n+](C)c2)cc1)C(C)C. The summed E-state index contributed by atoms with van der Waals surface area (Å²) in [7, 11) is 8.40. The topological polar surface area (TPSA) is 15.5 Å². The second-order valence-electron chi connectivity index (χ2n) is 29.8. The van der Waals surface area contributed by atoms with Gasteiger partial charge in [0.1, 0.15) is 28.2 Å². The van der Waals surface area contributed by atoms with E-state index in [1.54, 1.807) is 0 Å². The van der Waals surface area contributed by atoms with E-state index in [9.17, 15) is 0 Å². The van der Waals surface area contributed by atoms with E-state index in [0.29, 0.717) is 5.41 Å². The van der Waals surface area contributed by atoms with E-state index in [0.717, 1.165) is 45.7 Å². The number of aryl methyl sites for hydroxylation is 8. The molecule has 504 valence electrons. The smallest absolute Gasteiger partial charge is 0.200 e. The zero-order chi connectivity index (χ0) is 74.0. The van der Waals surface area contributed by atoms with Gasteiger partial charge in [-0.15, -0.1) is 0 Å². The van der Waals surface area contributed by atoms with Crippen LogP contribution in [0.1, 0.15) is 137 Å². The highest BCUT2D eigenvalue weighted by Gasteiger charge is 2.21. The molecule has 4 heteroatoms. The predicted octanol–water partition coefficient (Wildman–Crippen LogP) is 22.6. The monoisotopic (exact) mass is 1310 g/mol. The van der Waals surface area contributed by atoms with Crippen LogP contribution in [0.3, 0.4) is 0 Å². The molecule has 1 aliphatic rings. The molecule has 1 saturated carbocycles. The van der Waals surface area contributed by atoms with E-state index in [1.165, 1.54) is 126 Å². The molecule has 13 rings (SSSR count). The largest absolute Gasteiger partial charge is 0.212 e. The maximum atomic E-state index is 8.43. The summed E-state index contributed by atoms with van der Waals surface area (Å²) in [5.74, 6) is 0.708. The predicted molar refractivity (Wildman–Crippen MR) is 419 cm³/mol. The van der Waals surface area contributed by atoms with Crippen molar-refractivity contribution in [1.29, 1.82) is 0 Å². The average molecular weight is 1310 g/mol. The highest BCUT2D eigenvalue weighted by atomic mass is 14.9. The van der Waals surface area contributed by atoms with Gasteiger partial charge in [-0.05, 0) is 198 Å². The molecule has 0 radical (unpaired) electrons. The minimum absolute atomic E-state index is 0.0560. The van der Waals surface area contributed by atoms with E-state index in [2.05, 4.69) is 314 Å². The molecule has 8 aromatic carbocycles. The Hall–Kier alpha value is -9.64. The number of aromatic nitrogens is 4. The molecule has 0 spiro atoms. The Labute approximate surface area is 600 Å². The lowest BCUT2D eigenvalue weighted by molar-refractivity contribution is -0.660. The Bertz CT molecular complexity index is 4850. The molecular formula is C95H108N4+4. The third kappa shape index (κ3) is 19.6. The average Bonchev–Trinajstić information content (AvgIpc) is 1.02. The second kappa shape index (κ2) is 32.8. The van der Waals surface area contributed by atoms with Gasteiger partial charge in [-0.1, -0.05) is 238 Å². The van der Waals surface area contributed by atoms with Gasteiger partial charge in [0.15, 0.2) is 24.8 Å². The van der Waals surface area contributed by atoms with Crippen LogP contribution in [0, 0.1) is 44.4 Å². The molecule has 0 atom stereocenters. The van der Waals surface area contributed by atoms with Gasteiger partial charge in [-0.3, -0.25) is 0 Å². The van der Waals surface area contributed by atoms with E-state index in [-0.39, 0.29) is 5.92 Å². The number of rotatable bonds is 13. The van der Waals surface area contributed by atoms with Gasteiger partial charge < -0.3 is 0 Å². The molecule has 0 bridgehead atoms. The lowest BCUT2D eigenvalue weighted by Crippen LogP contribution is -2.30. The fraction of sp³-hybridized carbons (Fsp3) is 0.284. The first-order chi connectivity index (χ1) is 49.0. The first-order valence-corrected chi connectivity index (χ1v) is 35.6. The van der Waals surface area contributed by atoms with Gasteiger partial charge in [0.2, 0.25) is 22.8 Å². The number of benzene rings is 8. The lowest BCUT2D eigenvalue weighted by Gasteiger charge is -2.18. The zero-order valence-electron chi connectivity index (χ0n) is 65.9. The maximum absolute atomic E-state index is 8.43. The van der Waals surface area contributed by atoms with Gasteiger partial charge >= 0.3 is 0 Å². The fourth-order valence-corrected chi connectivity index (χ4v) is 13.6. The van der Waals surface area contributed by atoms with Crippen molar-refractivity contribution in [3.05, 3.63) is 312 Å². The summed E-state index contributed by atoms with van der Waals surface area (Å²) in [5, 5.41) is 0. The van der Waals surface area contributed by atoms with Crippen LogP contribution < -0.4 is 18.3 Å². The third-order valence-corrected chi connectivity index (χ3v) is 18.7. The molecule has 0 amide bonds. The van der Waals surface area contributed by atoms with Crippen molar-refractivity contribution in [3.8, 4) is 89.5 Å². The molecule has 4 nitrogen and oxygen atoms in total. The van der Waals surface area contributed by atoms with Gasteiger partial charge in [0.25, 0.3) is 0 Å². The second-order valence-corrected chi connectivity index (χ2v) is 29.8. The van der Waals surface area contributed by atoms with E-state index >= 15 is 0 Å². The number of nitrogens with zero attached hydrogens (tertiary/aromatic N) is 4. The van der Waals surface area contributed by atoms with E-state index in [4.69, 9.17) is 5.48 Å². The lowest BCUT2D eigenvalue weighted by atomic mass is 9.87. The molecule has 0 N–H and O–H groups in total. The normalized spacial score (nSPS) is 13.1. The summed E-state index contributed by atoms with van der Waals surface area (Å²) in [6.07, 6.45) is 12.6. The quantitative estimate of drug-likeness (QED) is 0.102. The molecular weight excluding hydrogens is 1200 g/mol. The Balaban J connectivity index is 0.000000148. The van der Waals surface area contributed by atoms with Crippen LogP contribution in [-0.4, -0.2) is 0 Å².